The molecule has 4 N–H and O–H groups in total. The van der Waals surface area contributed by atoms with Crippen molar-refractivity contribution < 1.29 is 23.1 Å². The van der Waals surface area contributed by atoms with Gasteiger partial charge in [-0.1, -0.05) is 0 Å². The maximum absolute atomic E-state index is 12.3. The summed E-state index contributed by atoms with van der Waals surface area (Å²) in [4.78, 5) is 25.7. The number of nitrogens with two attached hydrogens (primary N) is 2. The minimum atomic E-state index is -2.80. The number of aryl methyl sites for hydroxylation is 2. The number of rotatable bonds is 12. The molecule has 0 amide bonds. The quantitative estimate of drug-likeness (QED) is 0.194. The number of imidazole rings is 2. The number of hydrogen-bond donors (Lipinski definition) is 2. The molecule has 202 valence electrons. The van der Waals surface area contributed by atoms with Crippen molar-refractivity contribution in [1.82, 2.24) is 39.0 Å². The number of hydrogen-bond acceptors (Lipinski definition) is 13. The van der Waals surface area contributed by atoms with Gasteiger partial charge in [-0.3, -0.25) is 13.6 Å². The zero-order valence-electron chi connectivity index (χ0n) is 21.1. The molecule has 2 saturated carbocycles. The molecule has 2 aliphatic rings. The van der Waals surface area contributed by atoms with Crippen LogP contribution in [0.2, 0.25) is 0 Å². The molecule has 16 heteroatoms. The molecular formula is C22H29N10O5P. The van der Waals surface area contributed by atoms with E-state index in [-0.39, 0.29) is 25.5 Å². The molecular weight excluding hydrogens is 515 g/mol. The lowest BCUT2D eigenvalue weighted by atomic mass is 10.3. The van der Waals surface area contributed by atoms with E-state index >= 15 is 0 Å². The van der Waals surface area contributed by atoms with Crippen molar-refractivity contribution in [3.05, 3.63) is 24.0 Å². The fourth-order valence-corrected chi connectivity index (χ4v) is 4.88. The van der Waals surface area contributed by atoms with Crippen LogP contribution < -0.4 is 11.5 Å². The largest absolute Gasteiger partial charge is 0.368 e. The van der Waals surface area contributed by atoms with E-state index in [0.29, 0.717) is 35.4 Å². The van der Waals surface area contributed by atoms with Gasteiger partial charge in [0.05, 0.1) is 48.3 Å². The third-order valence-corrected chi connectivity index (χ3v) is 7.63. The highest BCUT2D eigenvalue weighted by molar-refractivity contribution is 7.33. The molecule has 38 heavy (non-hydrogen) atoms. The minimum Gasteiger partial charge on any atom is -0.368 e. The van der Waals surface area contributed by atoms with Crippen LogP contribution >= 0.6 is 8.25 Å². The van der Waals surface area contributed by atoms with Gasteiger partial charge >= 0.3 is 8.25 Å². The highest BCUT2D eigenvalue weighted by Gasteiger charge is 2.46. The van der Waals surface area contributed by atoms with Crippen LogP contribution in [0.1, 0.15) is 37.1 Å². The number of fused-ring (bicyclic) bond motifs is 2. The van der Waals surface area contributed by atoms with E-state index in [9.17, 15) is 4.57 Å². The normalized spacial score (nSPS) is 17.6. The van der Waals surface area contributed by atoms with E-state index in [1.807, 2.05) is 23.0 Å². The van der Waals surface area contributed by atoms with Gasteiger partial charge in [-0.05, 0) is 39.5 Å². The van der Waals surface area contributed by atoms with Crippen LogP contribution in [0.5, 0.6) is 0 Å². The van der Waals surface area contributed by atoms with Crippen LogP contribution in [0.25, 0.3) is 22.3 Å². The lowest BCUT2D eigenvalue weighted by Crippen LogP contribution is -2.23. The highest BCUT2D eigenvalue weighted by Crippen LogP contribution is 2.44. The Morgan fingerprint density at radius 1 is 0.789 bits per heavy atom. The fourth-order valence-electron chi connectivity index (χ4n) is 4.49. The first kappa shape index (κ1) is 25.1. The van der Waals surface area contributed by atoms with E-state index in [0.717, 1.165) is 37.1 Å². The van der Waals surface area contributed by atoms with Gasteiger partial charge in [-0.2, -0.15) is 9.97 Å². The van der Waals surface area contributed by atoms with E-state index in [4.69, 9.17) is 30.0 Å². The molecule has 0 bridgehead atoms. The Morgan fingerprint density at radius 2 is 1.21 bits per heavy atom. The molecule has 2 aliphatic carbocycles. The first-order chi connectivity index (χ1) is 18.2. The van der Waals surface area contributed by atoms with E-state index in [1.165, 1.54) is 0 Å². The molecule has 0 aromatic carbocycles. The summed E-state index contributed by atoms with van der Waals surface area (Å²) >= 11 is 0. The van der Waals surface area contributed by atoms with Crippen LogP contribution in [0.4, 0.5) is 11.9 Å². The summed E-state index contributed by atoms with van der Waals surface area (Å²) in [5, 5.41) is 0. The predicted molar refractivity (Wildman–Crippen MR) is 136 cm³/mol. The summed E-state index contributed by atoms with van der Waals surface area (Å²) in [5.41, 5.74) is 14.9. The van der Waals surface area contributed by atoms with Gasteiger partial charge in [0, 0.05) is 0 Å². The highest BCUT2D eigenvalue weighted by atomic mass is 31.1. The molecule has 2 fully saturated rings. The van der Waals surface area contributed by atoms with Gasteiger partial charge in [0.25, 0.3) is 0 Å². The number of ether oxygens (including phenoxy) is 2. The van der Waals surface area contributed by atoms with Gasteiger partial charge in [-0.15, -0.1) is 0 Å². The molecule has 4 heterocycles. The van der Waals surface area contributed by atoms with E-state index in [1.54, 1.807) is 12.7 Å². The smallest absolute Gasteiger partial charge is 0.323 e. The van der Waals surface area contributed by atoms with Crippen molar-refractivity contribution in [2.45, 2.75) is 63.8 Å². The zero-order valence-corrected chi connectivity index (χ0v) is 22.1. The monoisotopic (exact) mass is 544 g/mol. The first-order valence-electron chi connectivity index (χ1n) is 12.2. The zero-order chi connectivity index (χ0) is 26.5. The van der Waals surface area contributed by atoms with E-state index in [2.05, 4.69) is 29.9 Å². The maximum Gasteiger partial charge on any atom is 0.323 e. The van der Waals surface area contributed by atoms with Crippen molar-refractivity contribution in [2.24, 2.45) is 0 Å². The second-order valence-electron chi connectivity index (χ2n) is 9.85. The molecule has 0 radical (unpaired) electrons. The van der Waals surface area contributed by atoms with Crippen molar-refractivity contribution in [2.75, 3.05) is 25.1 Å². The summed E-state index contributed by atoms with van der Waals surface area (Å²) in [6.07, 6.45) is 6.74. The maximum atomic E-state index is 12.3. The van der Waals surface area contributed by atoms with Crippen LogP contribution in [-0.4, -0.2) is 63.8 Å². The summed E-state index contributed by atoms with van der Waals surface area (Å²) in [5.74, 6) is 0.396. The summed E-state index contributed by atoms with van der Waals surface area (Å²) < 4.78 is 38.5. The Balaban J connectivity index is 0.964. The van der Waals surface area contributed by atoms with E-state index < -0.39 is 19.5 Å². The Bertz CT molecular complexity index is 1420. The second kappa shape index (κ2) is 9.50. The summed E-state index contributed by atoms with van der Waals surface area (Å²) in [7, 11) is -2.80. The number of nitrogens with zero attached hydrogens (tertiary/aromatic N) is 8. The molecule has 0 spiro atoms. The van der Waals surface area contributed by atoms with Gasteiger partial charge in [0.15, 0.2) is 24.9 Å². The van der Waals surface area contributed by atoms with Gasteiger partial charge in [0.1, 0.15) is 11.0 Å². The van der Waals surface area contributed by atoms with Crippen molar-refractivity contribution in [3.8, 4) is 0 Å². The summed E-state index contributed by atoms with van der Waals surface area (Å²) in [6, 6.07) is 0. The number of aromatic nitrogens is 8. The second-order valence-corrected chi connectivity index (χ2v) is 10.9. The van der Waals surface area contributed by atoms with Crippen LogP contribution in [0.3, 0.4) is 0 Å². The molecule has 0 aliphatic heterocycles. The number of nitrogen functional groups attached to an aromatic ring is 2. The molecule has 0 saturated heterocycles. The Hall–Kier alpha value is -3.23. The Morgan fingerprint density at radius 3 is 1.61 bits per heavy atom. The SMILES string of the molecule is Cc1nc(N)nc2c1ncn2CC1(OCO[PH](=O)OCOC2(Cn3cnc4c(C)nc(N)nc43)CC2)CC1. The third kappa shape index (κ3) is 5.07. The lowest BCUT2D eigenvalue weighted by molar-refractivity contribution is -0.0808. The average Bonchev–Trinajstić information content (AvgIpc) is 3.72. The molecule has 4 aromatic heterocycles. The fraction of sp³-hybridized carbons (Fsp3) is 0.545. The van der Waals surface area contributed by atoms with Crippen LogP contribution in [0.15, 0.2) is 12.7 Å². The standard InChI is InChI=1S/C22H29N10O5P/c1-13-15-17(29-19(23)27-13)31(9-25-15)7-21(3-4-21)34-11-36-38(33)37-12-35-22(5-6-22)8-32-10-26-16-14(2)28-20(24)30-18(16)32/h9-10,38H,3-8,11-12H2,1-2H3,(H2,23,27,29)(H2,24,28,30). The Kier molecular flexibility index (Phi) is 6.27. The predicted octanol–water partition coefficient (Wildman–Crippen LogP) is 1.88. The Labute approximate surface area is 217 Å². The minimum absolute atomic E-state index is 0.160. The van der Waals surface area contributed by atoms with Crippen molar-refractivity contribution >= 4 is 42.5 Å². The lowest BCUT2D eigenvalue weighted by Gasteiger charge is -2.18. The average molecular weight is 545 g/mol. The molecule has 15 nitrogen and oxygen atoms in total. The molecule has 6 rings (SSSR count). The topological polar surface area (TPSA) is 193 Å². The molecule has 0 unspecified atom stereocenters. The van der Waals surface area contributed by atoms with Crippen molar-refractivity contribution in [1.29, 1.82) is 0 Å². The third-order valence-electron chi connectivity index (χ3n) is 6.93. The molecule has 0 atom stereocenters. The van der Waals surface area contributed by atoms with Gasteiger partial charge in [-0.25, -0.2) is 19.9 Å². The van der Waals surface area contributed by atoms with Crippen LogP contribution in [-0.2, 0) is 36.2 Å². The molecule has 4 aromatic rings. The summed E-state index contributed by atoms with van der Waals surface area (Å²) in [6.45, 7) is 4.41. The first-order valence-corrected chi connectivity index (χ1v) is 13.4. The number of anilines is 2. The van der Waals surface area contributed by atoms with Crippen molar-refractivity contribution in [3.63, 3.8) is 0 Å². The van der Waals surface area contributed by atoms with Crippen LogP contribution in [0, 0.1) is 13.8 Å². The van der Waals surface area contributed by atoms with Gasteiger partial charge in [0.2, 0.25) is 11.9 Å². The van der Waals surface area contributed by atoms with Gasteiger partial charge < -0.3 is 30.1 Å².